The molecule has 1 aromatic carbocycles. The number of hydrogen-bond acceptors (Lipinski definition) is 6. The Hall–Kier alpha value is -3.16. The molecule has 1 aliphatic carbocycles. The van der Waals surface area contributed by atoms with Crippen molar-refractivity contribution in [3.63, 3.8) is 0 Å². The van der Waals surface area contributed by atoms with Gasteiger partial charge in [0.05, 0.1) is 6.20 Å². The Morgan fingerprint density at radius 1 is 1.42 bits per heavy atom. The molecule has 2 aromatic rings. The molecule has 33 heavy (non-hydrogen) atoms. The second-order valence-corrected chi connectivity index (χ2v) is 8.06. The zero-order valence-electron chi connectivity index (χ0n) is 17.6. The van der Waals surface area contributed by atoms with Gasteiger partial charge in [-0.1, -0.05) is 6.07 Å². The van der Waals surface area contributed by atoms with Crippen molar-refractivity contribution in [1.29, 1.82) is 0 Å². The average molecular weight is 463 g/mol. The number of halogens is 4. The molecule has 1 N–H and O–H groups in total. The van der Waals surface area contributed by atoms with Gasteiger partial charge in [0.2, 0.25) is 5.89 Å². The van der Waals surface area contributed by atoms with Crippen molar-refractivity contribution in [2.75, 3.05) is 6.54 Å². The van der Waals surface area contributed by atoms with Gasteiger partial charge in [0.1, 0.15) is 24.4 Å². The number of aromatic nitrogens is 1. The number of fused-ring (bicyclic) bond motifs is 2. The fourth-order valence-electron chi connectivity index (χ4n) is 4.40. The van der Waals surface area contributed by atoms with Gasteiger partial charge in [-0.05, 0) is 43.7 Å². The fraction of sp³-hybridized carbons (Fsp3) is 0.391. The number of likely N-dealkylation sites (tertiary alicyclic amines) is 1. The molecule has 0 radical (unpaired) electrons. The van der Waals surface area contributed by atoms with E-state index >= 15 is 0 Å². The number of nitrogens with zero attached hydrogens (tertiary/aromatic N) is 3. The lowest BCUT2D eigenvalue weighted by Gasteiger charge is -2.36. The first-order valence-corrected chi connectivity index (χ1v) is 10.3. The molecule has 10 heteroatoms. The minimum atomic E-state index is -4.52. The van der Waals surface area contributed by atoms with Gasteiger partial charge in [-0.25, -0.2) is 14.4 Å². The van der Waals surface area contributed by atoms with Crippen LogP contribution in [0.5, 0.6) is 0 Å². The summed E-state index contributed by atoms with van der Waals surface area (Å²) in [4.78, 5) is 9.41. The topological polar surface area (TPSA) is 71.1 Å². The second kappa shape index (κ2) is 9.00. The average Bonchev–Trinajstić information content (AvgIpc) is 3.52. The molecular formula is C23H21F4N3O3. The highest BCUT2D eigenvalue weighted by atomic mass is 19.4. The van der Waals surface area contributed by atoms with Crippen LogP contribution in [0.3, 0.4) is 0 Å². The maximum Gasteiger partial charge on any atom is 0.413 e. The molecule has 2 heterocycles. The van der Waals surface area contributed by atoms with Crippen molar-refractivity contribution in [1.82, 2.24) is 9.88 Å². The van der Waals surface area contributed by atoms with Crippen LogP contribution in [0.25, 0.3) is 11.5 Å². The van der Waals surface area contributed by atoms with E-state index < -0.39 is 29.9 Å². The highest BCUT2D eigenvalue weighted by molar-refractivity contribution is 5.93. The lowest BCUT2D eigenvalue weighted by Crippen LogP contribution is -2.45. The summed E-state index contributed by atoms with van der Waals surface area (Å²) in [7, 11) is 0. The number of ether oxygens (including phenoxy) is 1. The molecule has 0 spiro atoms. The van der Waals surface area contributed by atoms with E-state index in [-0.39, 0.29) is 29.3 Å². The quantitative estimate of drug-likeness (QED) is 0.307. The van der Waals surface area contributed by atoms with E-state index in [0.717, 1.165) is 6.92 Å². The van der Waals surface area contributed by atoms with Crippen LogP contribution in [0.4, 0.5) is 17.6 Å². The number of aliphatic imine (C=N–C) groups is 1. The fourth-order valence-corrected chi connectivity index (χ4v) is 4.40. The van der Waals surface area contributed by atoms with Gasteiger partial charge in [-0.2, -0.15) is 13.2 Å². The third-order valence-electron chi connectivity index (χ3n) is 5.96. The predicted octanol–water partition coefficient (Wildman–Crippen LogP) is 4.45. The number of benzene rings is 1. The zero-order chi connectivity index (χ0) is 23.8. The van der Waals surface area contributed by atoms with Gasteiger partial charge in [-0.3, -0.25) is 4.90 Å². The number of alkyl halides is 3. The number of oxazole rings is 1. The van der Waals surface area contributed by atoms with Gasteiger partial charge in [0, 0.05) is 35.5 Å². The molecular weight excluding hydrogens is 442 g/mol. The predicted molar refractivity (Wildman–Crippen MR) is 111 cm³/mol. The van der Waals surface area contributed by atoms with Crippen LogP contribution in [0, 0.1) is 24.1 Å². The smallest absolute Gasteiger partial charge is 0.413 e. The number of terminal acetylenes is 1. The van der Waals surface area contributed by atoms with Gasteiger partial charge in [0.25, 0.3) is 5.90 Å². The summed E-state index contributed by atoms with van der Waals surface area (Å²) in [6.07, 6.45) is 3.70. The van der Waals surface area contributed by atoms with Crippen LogP contribution in [-0.2, 0) is 4.74 Å². The van der Waals surface area contributed by atoms with Crippen LogP contribution in [0.2, 0.25) is 0 Å². The summed E-state index contributed by atoms with van der Waals surface area (Å²) in [6.45, 7) is 1.38. The molecule has 1 saturated carbocycles. The number of piperidine rings is 1. The SMILES string of the molecule is C#CC(=N/C=C(\C)C(F)(F)F)OC1CC2CC1N(C(O)c1c(F)cccc1-c1ncco1)C2. The van der Waals surface area contributed by atoms with Crippen LogP contribution in [-0.4, -0.2) is 45.8 Å². The van der Waals surface area contributed by atoms with Crippen LogP contribution >= 0.6 is 0 Å². The molecule has 1 aliphatic heterocycles. The van der Waals surface area contributed by atoms with Crippen molar-refractivity contribution in [2.24, 2.45) is 10.9 Å². The molecule has 4 atom stereocenters. The lowest BCUT2D eigenvalue weighted by molar-refractivity contribution is -0.0915. The van der Waals surface area contributed by atoms with Crippen LogP contribution in [0.1, 0.15) is 31.6 Å². The molecule has 6 nitrogen and oxygen atoms in total. The summed E-state index contributed by atoms with van der Waals surface area (Å²) in [5.41, 5.74) is -0.560. The zero-order valence-corrected chi connectivity index (χ0v) is 17.6. The lowest BCUT2D eigenvalue weighted by atomic mass is 10.0. The molecule has 2 fully saturated rings. The normalized spacial score (nSPS) is 24.7. The minimum absolute atomic E-state index is 0.0285. The first-order valence-electron chi connectivity index (χ1n) is 10.3. The van der Waals surface area contributed by atoms with Gasteiger partial charge < -0.3 is 14.3 Å². The number of allylic oxidation sites excluding steroid dienone is 1. The maximum absolute atomic E-state index is 14.8. The summed E-state index contributed by atoms with van der Waals surface area (Å²) < 4.78 is 63.9. The standard InChI is InChI=1S/C23H21F4N3O3/c1-3-19(29-11-13(2)23(25,26)27)33-18-10-14-9-17(18)30(12-14)22(31)20-15(5-4-6-16(20)24)21-28-7-8-32-21/h1,4-8,11,14,17-18,22,31H,9-10,12H2,2H3/b13-11+,29-19?. The first kappa shape index (κ1) is 23.0. The number of aliphatic hydroxyl groups is 1. The molecule has 2 bridgehead atoms. The summed E-state index contributed by atoms with van der Waals surface area (Å²) in [6, 6.07) is 4.02. The van der Waals surface area contributed by atoms with E-state index in [1.165, 1.54) is 24.6 Å². The highest BCUT2D eigenvalue weighted by Gasteiger charge is 2.49. The van der Waals surface area contributed by atoms with Crippen molar-refractivity contribution in [3.8, 4) is 23.8 Å². The summed E-state index contributed by atoms with van der Waals surface area (Å²) >= 11 is 0. The van der Waals surface area contributed by atoms with Crippen LogP contribution in [0.15, 0.2) is 51.8 Å². The Kier molecular flexibility index (Phi) is 6.28. The molecule has 1 saturated heterocycles. The Bertz CT molecular complexity index is 1110. The molecule has 174 valence electrons. The van der Waals surface area contributed by atoms with Crippen molar-refractivity contribution in [3.05, 3.63) is 53.8 Å². The van der Waals surface area contributed by atoms with E-state index in [1.54, 1.807) is 11.0 Å². The molecule has 2 aliphatic rings. The van der Waals surface area contributed by atoms with E-state index in [0.29, 0.717) is 31.1 Å². The number of hydrogen-bond donors (Lipinski definition) is 1. The maximum atomic E-state index is 14.8. The van der Waals surface area contributed by atoms with Crippen molar-refractivity contribution in [2.45, 2.75) is 44.3 Å². The van der Waals surface area contributed by atoms with E-state index in [1.807, 2.05) is 0 Å². The Morgan fingerprint density at radius 3 is 2.85 bits per heavy atom. The monoisotopic (exact) mass is 463 g/mol. The van der Waals surface area contributed by atoms with Crippen molar-refractivity contribution >= 4 is 5.90 Å². The molecule has 4 rings (SSSR count). The second-order valence-electron chi connectivity index (χ2n) is 8.06. The first-order chi connectivity index (χ1) is 15.7. The Balaban J connectivity index is 1.55. The largest absolute Gasteiger partial charge is 0.466 e. The molecule has 1 aromatic heterocycles. The summed E-state index contributed by atoms with van der Waals surface area (Å²) in [5, 5.41) is 11.1. The van der Waals surface area contributed by atoms with Gasteiger partial charge >= 0.3 is 6.18 Å². The van der Waals surface area contributed by atoms with Gasteiger partial charge in [-0.15, -0.1) is 6.42 Å². The van der Waals surface area contributed by atoms with E-state index in [4.69, 9.17) is 15.6 Å². The Labute approximate surface area is 187 Å². The minimum Gasteiger partial charge on any atom is -0.466 e. The molecule has 4 unspecified atom stereocenters. The number of aliphatic hydroxyl groups excluding tert-OH is 1. The molecule has 0 amide bonds. The van der Waals surface area contributed by atoms with E-state index in [9.17, 15) is 22.7 Å². The third-order valence-corrected chi connectivity index (χ3v) is 5.96. The van der Waals surface area contributed by atoms with Crippen LogP contribution < -0.4 is 0 Å². The van der Waals surface area contributed by atoms with Crippen molar-refractivity contribution < 1.29 is 31.8 Å². The van der Waals surface area contributed by atoms with E-state index in [2.05, 4.69) is 15.9 Å². The Morgan fingerprint density at radius 2 is 2.21 bits per heavy atom. The highest BCUT2D eigenvalue weighted by Crippen LogP contribution is 2.44. The summed E-state index contributed by atoms with van der Waals surface area (Å²) in [5.74, 6) is 1.59. The van der Waals surface area contributed by atoms with Gasteiger partial charge in [0.15, 0.2) is 0 Å². The number of rotatable bonds is 5. The third kappa shape index (κ3) is 4.65.